The largest absolute Gasteiger partial charge is 0.0620 e. The summed E-state index contributed by atoms with van der Waals surface area (Å²) < 4.78 is 0. The van der Waals surface area contributed by atoms with Gasteiger partial charge in [-0.05, 0) is 102 Å². The molecule has 0 atom stereocenters. The van der Waals surface area contributed by atoms with Crippen LogP contribution in [-0.4, -0.2) is 0 Å². The van der Waals surface area contributed by atoms with Crippen LogP contribution in [0.15, 0.2) is 97.1 Å². The highest BCUT2D eigenvalue weighted by molar-refractivity contribution is 5.82. The topological polar surface area (TPSA) is 0 Å². The Morgan fingerprint density at radius 3 is 0.830 bits per heavy atom. The minimum absolute atomic E-state index is 1.16. The first kappa shape index (κ1) is 34.0. The van der Waals surface area contributed by atoms with Crippen molar-refractivity contribution in [2.75, 3.05) is 0 Å². The number of aryl methyl sites for hydroxylation is 4. The fourth-order valence-electron chi connectivity index (χ4n) is 9.70. The highest BCUT2D eigenvalue weighted by Crippen LogP contribution is 2.43. The Kier molecular flexibility index (Phi) is 13.5. The Morgan fingerprint density at radius 2 is 0.511 bits per heavy atom. The molecule has 0 unspecified atom stereocenters. The lowest BCUT2D eigenvalue weighted by atomic mass is 9.71. The molecule has 4 fully saturated rings. The Hall–Kier alpha value is -2.86. The Bertz CT molecular complexity index is 1300. The zero-order chi connectivity index (χ0) is 31.9. The van der Waals surface area contributed by atoms with Crippen molar-refractivity contribution >= 4 is 10.8 Å². The molecule has 0 bridgehead atoms. The predicted octanol–water partition coefficient (Wildman–Crippen LogP) is 13.5. The van der Waals surface area contributed by atoms with Crippen LogP contribution in [0.4, 0.5) is 0 Å². The van der Waals surface area contributed by atoms with Crippen LogP contribution in [0, 0.1) is 23.7 Å². The van der Waals surface area contributed by atoms with Gasteiger partial charge in [-0.15, -0.1) is 0 Å². The number of rotatable bonds is 0. The zero-order valence-corrected chi connectivity index (χ0v) is 29.4. The maximum Gasteiger partial charge on any atom is -0.0184 e. The van der Waals surface area contributed by atoms with Crippen molar-refractivity contribution < 1.29 is 0 Å². The number of hydrogen-bond donors (Lipinski definition) is 0. The highest BCUT2D eigenvalue weighted by Gasteiger charge is 2.30. The fraction of sp³-hybridized carbons (Fsp3) is 0.532. The number of fused-ring (bicyclic) bond motifs is 5. The molecular formula is C47H62. The molecule has 250 valence electrons. The summed E-state index contributed by atoms with van der Waals surface area (Å²) >= 11 is 0. The number of hydrogen-bond acceptors (Lipinski definition) is 0. The monoisotopic (exact) mass is 626 g/mol. The van der Waals surface area contributed by atoms with Crippen molar-refractivity contribution in [3.63, 3.8) is 0 Å². The van der Waals surface area contributed by atoms with Gasteiger partial charge in [0.15, 0.2) is 0 Å². The summed E-state index contributed by atoms with van der Waals surface area (Å²) in [5.41, 5.74) is 6.29. The minimum atomic E-state index is 1.16. The van der Waals surface area contributed by atoms with E-state index in [1.807, 2.05) is 0 Å². The molecule has 0 spiro atoms. The Labute approximate surface area is 287 Å². The van der Waals surface area contributed by atoms with Gasteiger partial charge in [-0.25, -0.2) is 0 Å². The fourth-order valence-corrected chi connectivity index (χ4v) is 9.70. The van der Waals surface area contributed by atoms with E-state index < -0.39 is 0 Å². The van der Waals surface area contributed by atoms with Gasteiger partial charge in [0.1, 0.15) is 0 Å². The maximum atomic E-state index is 2.26. The molecule has 0 aromatic heterocycles. The first-order chi connectivity index (χ1) is 23.3. The van der Waals surface area contributed by atoms with Gasteiger partial charge < -0.3 is 0 Å². The van der Waals surface area contributed by atoms with Crippen LogP contribution < -0.4 is 0 Å². The van der Waals surface area contributed by atoms with Crippen LogP contribution in [0.1, 0.15) is 131 Å². The standard InChI is InChI=1S/C10H18.C10H12.C10H8.C9H10.C8H14/c3*1-2-6-10-8-4-3-7-9(10)5-1;1-2-5-9-7-3-6-8(9)4-1;1-3-7-5-2-6-8(7)4-1/h9-10H,1-8H2;1-2,5-6H,3-4,7-8H2;1-8H;1-2,4-5H,3,6-7H2;7-8H,1-6H2. The van der Waals surface area contributed by atoms with Crippen LogP contribution in [0.2, 0.25) is 0 Å². The van der Waals surface area contributed by atoms with Crippen molar-refractivity contribution in [2.45, 2.75) is 135 Å². The second kappa shape index (κ2) is 18.6. The lowest BCUT2D eigenvalue weighted by Crippen LogP contribution is -2.22. The minimum Gasteiger partial charge on any atom is -0.0620 e. The van der Waals surface area contributed by atoms with E-state index in [1.54, 1.807) is 73.6 Å². The third-order valence-electron chi connectivity index (χ3n) is 12.4. The molecule has 0 saturated heterocycles. The Morgan fingerprint density at radius 1 is 0.255 bits per heavy atom. The van der Waals surface area contributed by atoms with E-state index in [-0.39, 0.29) is 0 Å². The molecule has 0 N–H and O–H groups in total. The molecule has 0 radical (unpaired) electrons. The highest BCUT2D eigenvalue weighted by atomic mass is 14.4. The van der Waals surface area contributed by atoms with E-state index in [1.165, 1.54) is 106 Å². The summed E-state index contributed by atoms with van der Waals surface area (Å²) in [6.45, 7) is 0. The summed E-state index contributed by atoms with van der Waals surface area (Å²) in [6.07, 6.45) is 31.0. The summed E-state index contributed by atoms with van der Waals surface area (Å²) in [5.74, 6) is 4.66. The lowest BCUT2D eigenvalue weighted by molar-refractivity contribution is 0.171. The van der Waals surface area contributed by atoms with Gasteiger partial charge in [0.2, 0.25) is 0 Å². The van der Waals surface area contributed by atoms with Gasteiger partial charge in [0, 0.05) is 0 Å². The van der Waals surface area contributed by atoms with E-state index >= 15 is 0 Å². The molecule has 4 saturated carbocycles. The van der Waals surface area contributed by atoms with Crippen LogP contribution in [-0.2, 0) is 25.7 Å². The van der Waals surface area contributed by atoms with E-state index in [9.17, 15) is 0 Å². The first-order valence-electron chi connectivity index (χ1n) is 19.9. The summed E-state index contributed by atoms with van der Waals surface area (Å²) in [7, 11) is 0. The second-order valence-electron chi connectivity index (χ2n) is 15.4. The van der Waals surface area contributed by atoms with E-state index in [2.05, 4.69) is 97.1 Å². The molecule has 0 nitrogen and oxygen atoms in total. The molecule has 10 rings (SSSR count). The zero-order valence-electron chi connectivity index (χ0n) is 29.4. The Balaban J connectivity index is 0.000000103. The molecule has 4 aromatic carbocycles. The summed E-state index contributed by atoms with van der Waals surface area (Å²) in [4.78, 5) is 0. The van der Waals surface area contributed by atoms with Crippen molar-refractivity contribution in [3.8, 4) is 0 Å². The van der Waals surface area contributed by atoms with Gasteiger partial charge in [0.25, 0.3) is 0 Å². The van der Waals surface area contributed by atoms with Crippen molar-refractivity contribution in [3.05, 3.63) is 119 Å². The van der Waals surface area contributed by atoms with Crippen LogP contribution in [0.5, 0.6) is 0 Å². The van der Waals surface area contributed by atoms with Gasteiger partial charge in [-0.1, -0.05) is 187 Å². The number of benzene rings is 4. The molecule has 0 aliphatic heterocycles. The molecule has 0 amide bonds. The summed E-state index contributed by atoms with van der Waals surface area (Å²) in [6, 6.07) is 34.3. The summed E-state index contributed by atoms with van der Waals surface area (Å²) in [5, 5.41) is 2.62. The van der Waals surface area contributed by atoms with E-state index in [0.29, 0.717) is 0 Å². The smallest absolute Gasteiger partial charge is 0.0184 e. The van der Waals surface area contributed by atoms with E-state index in [4.69, 9.17) is 0 Å². The molecule has 0 heterocycles. The van der Waals surface area contributed by atoms with Crippen molar-refractivity contribution in [2.24, 2.45) is 23.7 Å². The normalized spacial score (nSPS) is 24.9. The average molecular weight is 627 g/mol. The van der Waals surface area contributed by atoms with Crippen LogP contribution in [0.25, 0.3) is 10.8 Å². The third-order valence-corrected chi connectivity index (χ3v) is 12.4. The quantitative estimate of drug-likeness (QED) is 0.182. The van der Waals surface area contributed by atoms with Gasteiger partial charge in [-0.3, -0.25) is 0 Å². The lowest BCUT2D eigenvalue weighted by Gasteiger charge is -2.35. The van der Waals surface area contributed by atoms with Crippen molar-refractivity contribution in [1.29, 1.82) is 0 Å². The average Bonchev–Trinajstić information content (AvgIpc) is 3.92. The van der Waals surface area contributed by atoms with Gasteiger partial charge in [0.05, 0.1) is 0 Å². The molecule has 47 heavy (non-hydrogen) atoms. The van der Waals surface area contributed by atoms with Gasteiger partial charge in [-0.2, -0.15) is 0 Å². The molecule has 0 heteroatoms. The molecular weight excluding hydrogens is 565 g/mol. The maximum absolute atomic E-state index is 2.26. The van der Waals surface area contributed by atoms with Crippen molar-refractivity contribution in [1.82, 2.24) is 0 Å². The van der Waals surface area contributed by atoms with E-state index in [0.717, 1.165) is 11.8 Å². The molecule has 4 aromatic rings. The third kappa shape index (κ3) is 10.3. The first-order valence-corrected chi connectivity index (χ1v) is 19.9. The molecule has 6 aliphatic carbocycles. The van der Waals surface area contributed by atoms with Crippen LogP contribution >= 0.6 is 0 Å². The SMILES string of the molecule is C1CC2CCCC2C1.C1CCC2CCCCC2C1.c1ccc2c(c1)CCC2.c1ccc2c(c1)CCCC2.c1ccc2ccccc2c1. The van der Waals surface area contributed by atoms with Gasteiger partial charge >= 0.3 is 0 Å². The van der Waals surface area contributed by atoms with Crippen LogP contribution in [0.3, 0.4) is 0 Å². The second-order valence-corrected chi connectivity index (χ2v) is 15.4. The molecule has 6 aliphatic rings. The predicted molar refractivity (Wildman–Crippen MR) is 204 cm³/mol.